The molecule has 0 aromatic rings. The summed E-state index contributed by atoms with van der Waals surface area (Å²) in [4.78, 5) is 10.4. The molecule has 114 valence electrons. The number of rotatable bonds is 11. The first-order valence-electron chi connectivity index (χ1n) is 7.37. The van der Waals surface area contributed by atoms with E-state index >= 15 is 0 Å². The van der Waals surface area contributed by atoms with Crippen LogP contribution in [0.2, 0.25) is 0 Å². The quantitative estimate of drug-likeness (QED) is 0.466. The Morgan fingerprint density at radius 1 is 1.30 bits per heavy atom. The Balaban J connectivity index is 2.12. The van der Waals surface area contributed by atoms with Gasteiger partial charge in [0.2, 0.25) is 0 Å². The largest absolute Gasteiger partial charge is 0.481 e. The average molecular weight is 298 g/mol. The van der Waals surface area contributed by atoms with E-state index in [1.54, 1.807) is 0 Å². The van der Waals surface area contributed by atoms with Gasteiger partial charge in [0.15, 0.2) is 0 Å². The summed E-state index contributed by atoms with van der Waals surface area (Å²) < 4.78 is 5.69. The normalized spacial score (nSPS) is 22.4. The summed E-state index contributed by atoms with van der Waals surface area (Å²) in [6, 6.07) is 0. The Bertz CT molecular complexity index is 315. The fourth-order valence-corrected chi connectivity index (χ4v) is 3.77. The second-order valence-corrected chi connectivity index (χ2v) is 6.28. The summed E-state index contributed by atoms with van der Waals surface area (Å²) in [5, 5.41) is 8.55. The lowest BCUT2D eigenvalue weighted by Gasteiger charge is -2.17. The van der Waals surface area contributed by atoms with Crippen LogP contribution >= 0.6 is 11.8 Å². The summed E-state index contributed by atoms with van der Waals surface area (Å²) in [5.41, 5.74) is 0. The van der Waals surface area contributed by atoms with Crippen molar-refractivity contribution in [1.82, 2.24) is 0 Å². The fourth-order valence-electron chi connectivity index (χ4n) is 2.25. The summed E-state index contributed by atoms with van der Waals surface area (Å²) in [7, 11) is 0. The van der Waals surface area contributed by atoms with E-state index in [4.69, 9.17) is 9.84 Å². The Kier molecular flexibility index (Phi) is 9.50. The van der Waals surface area contributed by atoms with Crippen molar-refractivity contribution >= 4 is 17.7 Å². The van der Waals surface area contributed by atoms with Crippen LogP contribution in [0.25, 0.3) is 0 Å². The van der Waals surface area contributed by atoms with E-state index in [9.17, 15) is 4.79 Å². The van der Waals surface area contributed by atoms with Gasteiger partial charge in [0.25, 0.3) is 0 Å². The predicted molar refractivity (Wildman–Crippen MR) is 85.2 cm³/mol. The number of allylic oxidation sites excluding steroid dienone is 2. The zero-order valence-corrected chi connectivity index (χ0v) is 12.9. The molecule has 3 nitrogen and oxygen atoms in total. The highest BCUT2D eigenvalue weighted by atomic mass is 32.2. The minimum Gasteiger partial charge on any atom is -0.481 e. The summed E-state index contributed by atoms with van der Waals surface area (Å²) in [6.07, 6.45) is 10.1. The van der Waals surface area contributed by atoms with Crippen molar-refractivity contribution in [3.8, 4) is 0 Å². The number of carboxylic acid groups (broad SMARTS) is 1. The van der Waals surface area contributed by atoms with E-state index < -0.39 is 5.97 Å². The van der Waals surface area contributed by atoms with Gasteiger partial charge in [-0.2, -0.15) is 11.8 Å². The predicted octanol–water partition coefficient (Wildman–Crippen LogP) is 3.76. The first-order chi connectivity index (χ1) is 9.74. The van der Waals surface area contributed by atoms with Crippen LogP contribution in [0.1, 0.15) is 32.1 Å². The molecular weight excluding hydrogens is 272 g/mol. The molecule has 0 unspecified atom stereocenters. The second-order valence-electron chi connectivity index (χ2n) is 5.20. The third kappa shape index (κ3) is 7.75. The van der Waals surface area contributed by atoms with Crippen molar-refractivity contribution in [2.45, 2.75) is 32.1 Å². The van der Waals surface area contributed by atoms with E-state index in [1.807, 2.05) is 17.8 Å². The van der Waals surface area contributed by atoms with E-state index in [1.165, 1.54) is 11.5 Å². The second kappa shape index (κ2) is 11.0. The first kappa shape index (κ1) is 17.3. The Morgan fingerprint density at radius 2 is 2.10 bits per heavy atom. The molecule has 0 aliphatic carbocycles. The van der Waals surface area contributed by atoms with Crippen LogP contribution in [0, 0.1) is 11.8 Å². The zero-order chi connectivity index (χ0) is 14.6. The van der Waals surface area contributed by atoms with Gasteiger partial charge in [-0.3, -0.25) is 4.79 Å². The molecule has 0 spiro atoms. The Labute approximate surface area is 126 Å². The number of aliphatic carboxylic acids is 1. The Hall–Kier alpha value is -0.740. The highest BCUT2D eigenvalue weighted by molar-refractivity contribution is 7.99. The Morgan fingerprint density at radius 3 is 2.85 bits per heavy atom. The summed E-state index contributed by atoms with van der Waals surface area (Å²) in [5.74, 6) is 3.08. The maximum Gasteiger partial charge on any atom is 0.303 e. The third-order valence-corrected chi connectivity index (χ3v) is 4.82. The van der Waals surface area contributed by atoms with Gasteiger partial charge in [-0.05, 0) is 49.0 Å². The number of carboxylic acids is 1. The highest BCUT2D eigenvalue weighted by Gasteiger charge is 2.26. The number of hydrogen-bond donors (Lipinski definition) is 1. The number of thioether (sulfide) groups is 1. The smallest absolute Gasteiger partial charge is 0.303 e. The number of hydrogen-bond acceptors (Lipinski definition) is 3. The highest BCUT2D eigenvalue weighted by Crippen LogP contribution is 2.32. The van der Waals surface area contributed by atoms with Crippen LogP contribution in [0.15, 0.2) is 24.8 Å². The maximum absolute atomic E-state index is 10.4. The molecule has 20 heavy (non-hydrogen) atoms. The van der Waals surface area contributed by atoms with Crippen LogP contribution < -0.4 is 0 Å². The molecule has 1 fully saturated rings. The summed E-state index contributed by atoms with van der Waals surface area (Å²) in [6.45, 7) is 5.33. The monoisotopic (exact) mass is 298 g/mol. The lowest BCUT2D eigenvalue weighted by Crippen LogP contribution is -2.18. The van der Waals surface area contributed by atoms with Crippen molar-refractivity contribution in [3.05, 3.63) is 24.8 Å². The molecule has 2 atom stereocenters. The topological polar surface area (TPSA) is 46.5 Å². The first-order valence-corrected chi connectivity index (χ1v) is 8.52. The van der Waals surface area contributed by atoms with Crippen LogP contribution in [0.5, 0.6) is 0 Å². The van der Waals surface area contributed by atoms with Crippen molar-refractivity contribution < 1.29 is 14.6 Å². The molecular formula is C16H26O3S. The van der Waals surface area contributed by atoms with E-state index in [0.29, 0.717) is 11.8 Å². The molecule has 1 rings (SSSR count). The molecule has 4 heteroatoms. The zero-order valence-electron chi connectivity index (χ0n) is 12.1. The molecule has 1 aliphatic rings. The van der Waals surface area contributed by atoms with Gasteiger partial charge in [-0.25, -0.2) is 0 Å². The fraction of sp³-hybridized carbons (Fsp3) is 0.688. The van der Waals surface area contributed by atoms with Crippen LogP contribution in [0.4, 0.5) is 0 Å². The molecule has 0 aromatic heterocycles. The molecule has 1 saturated heterocycles. The van der Waals surface area contributed by atoms with Gasteiger partial charge in [0.05, 0.1) is 13.2 Å². The minimum atomic E-state index is -0.706. The molecule has 0 amide bonds. The van der Waals surface area contributed by atoms with Crippen molar-refractivity contribution in [2.75, 3.05) is 24.7 Å². The van der Waals surface area contributed by atoms with E-state index in [0.717, 1.165) is 38.9 Å². The van der Waals surface area contributed by atoms with Crippen LogP contribution in [-0.2, 0) is 9.53 Å². The van der Waals surface area contributed by atoms with Gasteiger partial charge in [-0.15, -0.1) is 6.58 Å². The molecule has 0 bridgehead atoms. The number of carbonyl (C=O) groups is 1. The van der Waals surface area contributed by atoms with Crippen molar-refractivity contribution in [3.63, 3.8) is 0 Å². The average Bonchev–Trinajstić information content (AvgIpc) is 2.86. The van der Waals surface area contributed by atoms with Crippen LogP contribution in [0.3, 0.4) is 0 Å². The SMILES string of the molecule is C=CCCOC[C@H]1CSC[C@@H]1C/C=C\CCCC(=O)O. The van der Waals surface area contributed by atoms with E-state index in [2.05, 4.69) is 18.7 Å². The van der Waals surface area contributed by atoms with Gasteiger partial charge >= 0.3 is 5.97 Å². The van der Waals surface area contributed by atoms with Gasteiger partial charge in [-0.1, -0.05) is 18.2 Å². The van der Waals surface area contributed by atoms with Gasteiger partial charge < -0.3 is 9.84 Å². The van der Waals surface area contributed by atoms with Gasteiger partial charge in [0, 0.05) is 6.42 Å². The minimum absolute atomic E-state index is 0.267. The van der Waals surface area contributed by atoms with Crippen molar-refractivity contribution in [1.29, 1.82) is 0 Å². The molecule has 1 N–H and O–H groups in total. The summed E-state index contributed by atoms with van der Waals surface area (Å²) >= 11 is 2.01. The molecule has 1 heterocycles. The lowest BCUT2D eigenvalue weighted by atomic mass is 9.93. The van der Waals surface area contributed by atoms with Crippen molar-refractivity contribution in [2.24, 2.45) is 11.8 Å². The number of unbranched alkanes of at least 4 members (excludes halogenated alkanes) is 1. The maximum atomic E-state index is 10.4. The number of ether oxygens (including phenoxy) is 1. The standard InChI is InChI=1S/C16H26O3S/c1-2-3-10-19-11-15-13-20-12-14(15)8-6-4-5-7-9-16(17)18/h2,4,6,14-15H,1,3,5,7-13H2,(H,17,18)/b6-4-/t14-,15-/m0/s1. The van der Waals surface area contributed by atoms with Gasteiger partial charge in [0.1, 0.15) is 0 Å². The molecule has 0 saturated carbocycles. The molecule has 0 aromatic carbocycles. The third-order valence-electron chi connectivity index (χ3n) is 3.50. The molecule has 1 aliphatic heterocycles. The molecule has 0 radical (unpaired) electrons. The van der Waals surface area contributed by atoms with Crippen LogP contribution in [-0.4, -0.2) is 35.8 Å². The lowest BCUT2D eigenvalue weighted by molar-refractivity contribution is -0.137. The van der Waals surface area contributed by atoms with E-state index in [-0.39, 0.29) is 6.42 Å².